The van der Waals surface area contributed by atoms with Crippen molar-refractivity contribution in [3.05, 3.63) is 34.3 Å². The van der Waals surface area contributed by atoms with E-state index in [1.807, 2.05) is 31.9 Å². The molecule has 0 aliphatic heterocycles. The summed E-state index contributed by atoms with van der Waals surface area (Å²) in [5, 5.41) is 17.1. The number of nitrogens with zero attached hydrogens (tertiary/aromatic N) is 6. The number of halogens is 1. The van der Waals surface area contributed by atoms with Crippen LogP contribution in [0.4, 0.5) is 0 Å². The van der Waals surface area contributed by atoms with Gasteiger partial charge >= 0.3 is 0 Å². The zero-order valence-corrected chi connectivity index (χ0v) is 14.8. The Hall–Kier alpha value is -2.19. The predicted octanol–water partition coefficient (Wildman–Crippen LogP) is 2.61. The molecular formula is C15H19ClN6O2. The van der Waals surface area contributed by atoms with Crippen LogP contribution in [-0.2, 0) is 26.6 Å². The molecule has 0 fully saturated rings. The van der Waals surface area contributed by atoms with Crippen LogP contribution in [0, 0.1) is 6.92 Å². The predicted molar refractivity (Wildman–Crippen MR) is 87.3 cm³/mol. The van der Waals surface area contributed by atoms with Crippen LogP contribution in [0.2, 0.25) is 5.15 Å². The van der Waals surface area contributed by atoms with Crippen molar-refractivity contribution >= 4 is 11.6 Å². The minimum absolute atomic E-state index is 0.523. The third kappa shape index (κ3) is 3.34. The van der Waals surface area contributed by atoms with Gasteiger partial charge < -0.3 is 8.94 Å². The molecule has 0 unspecified atom stereocenters. The Morgan fingerprint density at radius 1 is 1.25 bits per heavy atom. The summed E-state index contributed by atoms with van der Waals surface area (Å²) in [6, 6.07) is 1.84. The fourth-order valence-electron chi connectivity index (χ4n) is 2.42. The van der Waals surface area contributed by atoms with E-state index < -0.39 is 0 Å². The fourth-order valence-corrected chi connectivity index (χ4v) is 2.61. The number of hydrogen-bond acceptors (Lipinski definition) is 7. The molecule has 0 bridgehead atoms. The average molecular weight is 351 g/mol. The molecule has 0 spiro atoms. The first kappa shape index (κ1) is 16.7. The van der Waals surface area contributed by atoms with Crippen molar-refractivity contribution in [2.24, 2.45) is 7.05 Å². The SMILES string of the molecule is CCc1nnc(CN(C)Cc2c(-c3cc(C)on3)nn(C)c2Cl)o1. The van der Waals surface area contributed by atoms with Crippen molar-refractivity contribution in [2.45, 2.75) is 33.4 Å². The molecule has 0 radical (unpaired) electrons. The van der Waals surface area contributed by atoms with Gasteiger partial charge in [-0.1, -0.05) is 23.7 Å². The van der Waals surface area contributed by atoms with Gasteiger partial charge in [-0.05, 0) is 14.0 Å². The standard InChI is InChI=1S/C15H19ClN6O2/c1-5-12-17-18-13(23-12)8-21(3)7-10-14(19-22(4)15(10)16)11-6-9(2)24-20-11/h6H,5,7-8H2,1-4H3. The van der Waals surface area contributed by atoms with Gasteiger partial charge in [-0.25, -0.2) is 0 Å². The molecule has 0 aliphatic carbocycles. The third-order valence-corrected chi connectivity index (χ3v) is 4.06. The highest BCUT2D eigenvalue weighted by Gasteiger charge is 2.21. The third-order valence-electron chi connectivity index (χ3n) is 3.58. The van der Waals surface area contributed by atoms with Gasteiger partial charge in [0.2, 0.25) is 11.8 Å². The van der Waals surface area contributed by atoms with Gasteiger partial charge in [0.1, 0.15) is 22.3 Å². The van der Waals surface area contributed by atoms with Crippen LogP contribution in [0.15, 0.2) is 15.0 Å². The highest BCUT2D eigenvalue weighted by molar-refractivity contribution is 6.30. The van der Waals surface area contributed by atoms with E-state index in [1.54, 1.807) is 11.7 Å². The van der Waals surface area contributed by atoms with Crippen molar-refractivity contribution in [3.8, 4) is 11.4 Å². The van der Waals surface area contributed by atoms with Gasteiger partial charge in [-0.15, -0.1) is 10.2 Å². The van der Waals surface area contributed by atoms with Gasteiger partial charge in [0.15, 0.2) is 0 Å². The van der Waals surface area contributed by atoms with Crippen LogP contribution < -0.4 is 0 Å². The molecule has 3 aromatic heterocycles. The lowest BCUT2D eigenvalue weighted by molar-refractivity contribution is 0.278. The lowest BCUT2D eigenvalue weighted by Gasteiger charge is -2.14. The van der Waals surface area contributed by atoms with E-state index >= 15 is 0 Å². The molecule has 24 heavy (non-hydrogen) atoms. The van der Waals surface area contributed by atoms with E-state index in [0.29, 0.717) is 41.4 Å². The molecule has 9 heteroatoms. The van der Waals surface area contributed by atoms with Crippen LogP contribution >= 0.6 is 11.6 Å². The first-order chi connectivity index (χ1) is 11.5. The molecule has 0 aromatic carbocycles. The zero-order valence-electron chi connectivity index (χ0n) is 14.1. The number of aryl methyl sites for hydroxylation is 3. The van der Waals surface area contributed by atoms with E-state index in [1.165, 1.54) is 0 Å². The van der Waals surface area contributed by atoms with E-state index in [-0.39, 0.29) is 0 Å². The molecule has 0 N–H and O–H groups in total. The Labute approximate surface area is 144 Å². The molecule has 8 nitrogen and oxygen atoms in total. The summed E-state index contributed by atoms with van der Waals surface area (Å²) in [6.45, 7) is 4.91. The van der Waals surface area contributed by atoms with E-state index in [4.69, 9.17) is 20.5 Å². The lowest BCUT2D eigenvalue weighted by atomic mass is 10.2. The number of hydrogen-bond donors (Lipinski definition) is 0. The molecule has 3 rings (SSSR count). The van der Waals surface area contributed by atoms with Crippen LogP contribution in [0.1, 0.15) is 30.0 Å². The Kier molecular flexibility index (Phi) is 4.68. The minimum Gasteiger partial charge on any atom is -0.424 e. The molecule has 0 aliphatic rings. The highest BCUT2D eigenvalue weighted by atomic mass is 35.5. The lowest BCUT2D eigenvalue weighted by Crippen LogP contribution is -2.18. The highest BCUT2D eigenvalue weighted by Crippen LogP contribution is 2.29. The molecule has 3 heterocycles. The smallest absolute Gasteiger partial charge is 0.230 e. The monoisotopic (exact) mass is 350 g/mol. The van der Waals surface area contributed by atoms with Gasteiger partial charge in [0.25, 0.3) is 0 Å². The normalized spacial score (nSPS) is 11.6. The van der Waals surface area contributed by atoms with Crippen LogP contribution in [0.5, 0.6) is 0 Å². The zero-order chi connectivity index (χ0) is 17.3. The van der Waals surface area contributed by atoms with E-state index in [9.17, 15) is 0 Å². The molecular weight excluding hydrogens is 332 g/mol. The van der Waals surface area contributed by atoms with Crippen molar-refractivity contribution in [1.82, 2.24) is 30.0 Å². The Balaban J connectivity index is 1.81. The topological polar surface area (TPSA) is 86.0 Å². The Morgan fingerprint density at radius 3 is 2.62 bits per heavy atom. The van der Waals surface area contributed by atoms with E-state index in [0.717, 1.165) is 17.7 Å². The van der Waals surface area contributed by atoms with Gasteiger partial charge in [0.05, 0.1) is 6.54 Å². The van der Waals surface area contributed by atoms with Crippen molar-refractivity contribution in [1.29, 1.82) is 0 Å². The average Bonchev–Trinajstić information content (AvgIpc) is 3.23. The van der Waals surface area contributed by atoms with Gasteiger partial charge in [0, 0.05) is 31.6 Å². The minimum atomic E-state index is 0.523. The van der Waals surface area contributed by atoms with Crippen LogP contribution in [-0.4, -0.2) is 37.1 Å². The summed E-state index contributed by atoms with van der Waals surface area (Å²) in [5.41, 5.74) is 2.26. The van der Waals surface area contributed by atoms with Crippen molar-refractivity contribution in [2.75, 3.05) is 7.05 Å². The largest absolute Gasteiger partial charge is 0.424 e. The quantitative estimate of drug-likeness (QED) is 0.675. The maximum absolute atomic E-state index is 6.41. The molecule has 0 atom stereocenters. The molecule has 0 saturated heterocycles. The Morgan fingerprint density at radius 2 is 2.00 bits per heavy atom. The first-order valence-electron chi connectivity index (χ1n) is 7.62. The molecule has 3 aromatic rings. The second-order valence-corrected chi connectivity index (χ2v) is 6.04. The van der Waals surface area contributed by atoms with Gasteiger partial charge in [-0.2, -0.15) is 5.10 Å². The maximum atomic E-state index is 6.41. The summed E-state index contributed by atoms with van der Waals surface area (Å²) < 4.78 is 12.3. The van der Waals surface area contributed by atoms with Crippen LogP contribution in [0.25, 0.3) is 11.4 Å². The van der Waals surface area contributed by atoms with Gasteiger partial charge in [-0.3, -0.25) is 9.58 Å². The van der Waals surface area contributed by atoms with Crippen molar-refractivity contribution in [3.63, 3.8) is 0 Å². The van der Waals surface area contributed by atoms with Crippen LogP contribution in [0.3, 0.4) is 0 Å². The number of aromatic nitrogens is 5. The summed E-state index contributed by atoms with van der Waals surface area (Å²) in [5.74, 6) is 1.94. The first-order valence-corrected chi connectivity index (χ1v) is 8.00. The molecule has 0 amide bonds. The number of rotatable bonds is 6. The molecule has 128 valence electrons. The second-order valence-electron chi connectivity index (χ2n) is 5.68. The maximum Gasteiger partial charge on any atom is 0.230 e. The fraction of sp³-hybridized carbons (Fsp3) is 0.467. The summed E-state index contributed by atoms with van der Waals surface area (Å²) in [4.78, 5) is 2.03. The Bertz CT molecular complexity index is 837. The summed E-state index contributed by atoms with van der Waals surface area (Å²) >= 11 is 6.41. The van der Waals surface area contributed by atoms with Crippen molar-refractivity contribution < 1.29 is 8.94 Å². The summed E-state index contributed by atoms with van der Waals surface area (Å²) in [6.07, 6.45) is 0.723. The molecule has 0 saturated carbocycles. The summed E-state index contributed by atoms with van der Waals surface area (Å²) in [7, 11) is 3.75. The second kappa shape index (κ2) is 6.74. The van der Waals surface area contributed by atoms with E-state index in [2.05, 4.69) is 20.5 Å².